The zero-order valence-electron chi connectivity index (χ0n) is 7.41. The number of hydrogen-bond donors (Lipinski definition) is 0. The van der Waals surface area contributed by atoms with Crippen LogP contribution in [0.2, 0.25) is 0 Å². The zero-order valence-corrected chi connectivity index (χ0v) is 9.04. The first-order chi connectivity index (χ1) is 5.79. The number of thiocarbonyl (C=S) groups is 1. The van der Waals surface area contributed by atoms with E-state index in [1.165, 1.54) is 4.88 Å². The molecule has 0 unspecified atom stereocenters. The van der Waals surface area contributed by atoms with E-state index in [-0.39, 0.29) is 0 Å². The molecule has 0 aliphatic carbocycles. The fourth-order valence-electron chi connectivity index (χ4n) is 1.07. The lowest BCUT2D eigenvalue weighted by atomic mass is 10.4. The lowest BCUT2D eigenvalue weighted by Gasteiger charge is -2.20. The molecule has 1 aromatic heterocycles. The van der Waals surface area contributed by atoms with Gasteiger partial charge in [0.05, 0.1) is 4.88 Å². The molecule has 0 atom stereocenters. The van der Waals surface area contributed by atoms with E-state index in [1.54, 1.807) is 11.3 Å². The second-order valence-corrected chi connectivity index (χ2v) is 3.79. The van der Waals surface area contributed by atoms with E-state index in [9.17, 15) is 0 Å². The van der Waals surface area contributed by atoms with Gasteiger partial charge < -0.3 is 4.90 Å². The Morgan fingerprint density at radius 2 is 2.17 bits per heavy atom. The summed E-state index contributed by atoms with van der Waals surface area (Å²) < 4.78 is 0. The van der Waals surface area contributed by atoms with Crippen LogP contribution in [0.4, 0.5) is 0 Å². The zero-order chi connectivity index (χ0) is 8.97. The highest BCUT2D eigenvalue weighted by Crippen LogP contribution is 2.12. The van der Waals surface area contributed by atoms with Crippen molar-refractivity contribution in [2.75, 3.05) is 13.1 Å². The van der Waals surface area contributed by atoms with Crippen LogP contribution in [-0.4, -0.2) is 23.0 Å². The van der Waals surface area contributed by atoms with E-state index >= 15 is 0 Å². The van der Waals surface area contributed by atoms with Gasteiger partial charge in [-0.2, -0.15) is 0 Å². The molecule has 1 nitrogen and oxygen atoms in total. The molecule has 0 saturated carbocycles. The van der Waals surface area contributed by atoms with Crippen LogP contribution in [-0.2, 0) is 0 Å². The standard InChI is InChI=1S/C9H13NS2/c1-3-10(4-2)9(11)8-6-5-7-12-8/h5-7H,3-4H2,1-2H3. The summed E-state index contributed by atoms with van der Waals surface area (Å²) in [5, 5.41) is 2.06. The fourth-order valence-corrected chi connectivity index (χ4v) is 2.23. The first-order valence-electron chi connectivity index (χ1n) is 4.12. The average Bonchev–Trinajstić information content (AvgIpc) is 2.58. The molecule has 0 amide bonds. The summed E-state index contributed by atoms with van der Waals surface area (Å²) in [4.78, 5) is 4.38. The van der Waals surface area contributed by atoms with Crippen molar-refractivity contribution in [2.24, 2.45) is 0 Å². The lowest BCUT2D eigenvalue weighted by molar-refractivity contribution is 0.475. The summed E-state index contributed by atoms with van der Waals surface area (Å²) in [6, 6.07) is 4.11. The SMILES string of the molecule is CCN(CC)C(=S)c1cccs1. The minimum absolute atomic E-state index is 0.981. The Balaban J connectivity index is 2.70. The first kappa shape index (κ1) is 9.68. The van der Waals surface area contributed by atoms with Crippen molar-refractivity contribution in [2.45, 2.75) is 13.8 Å². The fraction of sp³-hybridized carbons (Fsp3) is 0.444. The predicted octanol–water partition coefficient (Wildman–Crippen LogP) is 2.77. The molecule has 3 heteroatoms. The van der Waals surface area contributed by atoms with E-state index in [2.05, 4.69) is 30.2 Å². The van der Waals surface area contributed by atoms with Crippen molar-refractivity contribution >= 4 is 28.5 Å². The predicted molar refractivity (Wildman–Crippen MR) is 58.9 cm³/mol. The van der Waals surface area contributed by atoms with Gasteiger partial charge in [0.2, 0.25) is 0 Å². The molecule has 0 aliphatic rings. The maximum atomic E-state index is 5.33. The normalized spacial score (nSPS) is 9.83. The quantitative estimate of drug-likeness (QED) is 0.689. The van der Waals surface area contributed by atoms with Gasteiger partial charge in [-0.05, 0) is 25.3 Å². The van der Waals surface area contributed by atoms with Crippen molar-refractivity contribution in [3.8, 4) is 0 Å². The number of rotatable bonds is 3. The Hall–Kier alpha value is -0.410. The molecule has 0 radical (unpaired) electrons. The Kier molecular flexibility index (Phi) is 3.69. The van der Waals surface area contributed by atoms with E-state index in [0.29, 0.717) is 0 Å². The maximum absolute atomic E-state index is 5.33. The van der Waals surface area contributed by atoms with E-state index in [4.69, 9.17) is 12.2 Å². The van der Waals surface area contributed by atoms with Crippen molar-refractivity contribution in [1.82, 2.24) is 4.90 Å². The van der Waals surface area contributed by atoms with E-state index < -0.39 is 0 Å². The summed E-state index contributed by atoms with van der Waals surface area (Å²) >= 11 is 7.04. The van der Waals surface area contributed by atoms with Crippen LogP contribution in [0.5, 0.6) is 0 Å². The minimum Gasteiger partial charge on any atom is -0.362 e. The van der Waals surface area contributed by atoms with E-state index in [1.807, 2.05) is 6.07 Å². The second-order valence-electron chi connectivity index (χ2n) is 2.45. The molecule has 0 spiro atoms. The largest absolute Gasteiger partial charge is 0.362 e. The highest BCUT2D eigenvalue weighted by atomic mass is 32.1. The Bertz CT molecular complexity index is 237. The third-order valence-corrected chi connectivity index (χ3v) is 3.27. The van der Waals surface area contributed by atoms with Gasteiger partial charge >= 0.3 is 0 Å². The molecule has 66 valence electrons. The molecule has 0 N–H and O–H groups in total. The van der Waals surface area contributed by atoms with Gasteiger partial charge in [0.1, 0.15) is 4.99 Å². The summed E-state index contributed by atoms with van der Waals surface area (Å²) in [5.41, 5.74) is 0. The highest BCUT2D eigenvalue weighted by Gasteiger charge is 2.07. The molecular formula is C9H13NS2. The topological polar surface area (TPSA) is 3.24 Å². The van der Waals surface area contributed by atoms with Crippen LogP contribution in [0.25, 0.3) is 0 Å². The van der Waals surface area contributed by atoms with Gasteiger partial charge in [-0.3, -0.25) is 0 Å². The van der Waals surface area contributed by atoms with Gasteiger partial charge in [0.15, 0.2) is 0 Å². The summed E-state index contributed by atoms with van der Waals surface area (Å²) in [7, 11) is 0. The van der Waals surface area contributed by atoms with Crippen LogP contribution >= 0.6 is 23.6 Å². The monoisotopic (exact) mass is 199 g/mol. The lowest BCUT2D eigenvalue weighted by Crippen LogP contribution is -2.28. The van der Waals surface area contributed by atoms with Crippen LogP contribution < -0.4 is 0 Å². The van der Waals surface area contributed by atoms with Crippen LogP contribution in [0, 0.1) is 0 Å². The summed E-state index contributed by atoms with van der Waals surface area (Å²) in [5.74, 6) is 0. The number of nitrogens with zero attached hydrogens (tertiary/aromatic N) is 1. The van der Waals surface area contributed by atoms with Crippen LogP contribution in [0.3, 0.4) is 0 Å². The molecule has 0 aliphatic heterocycles. The van der Waals surface area contributed by atoms with Gasteiger partial charge in [0.25, 0.3) is 0 Å². The van der Waals surface area contributed by atoms with Crippen molar-refractivity contribution < 1.29 is 0 Å². The average molecular weight is 199 g/mol. The third-order valence-electron chi connectivity index (χ3n) is 1.78. The van der Waals surface area contributed by atoms with Gasteiger partial charge in [-0.15, -0.1) is 11.3 Å². The van der Waals surface area contributed by atoms with Gasteiger partial charge in [-0.25, -0.2) is 0 Å². The van der Waals surface area contributed by atoms with Gasteiger partial charge in [0, 0.05) is 13.1 Å². The van der Waals surface area contributed by atoms with Crippen molar-refractivity contribution in [1.29, 1.82) is 0 Å². The molecule has 0 fully saturated rings. The Morgan fingerprint density at radius 3 is 2.58 bits per heavy atom. The van der Waals surface area contributed by atoms with Crippen LogP contribution in [0.15, 0.2) is 17.5 Å². The number of hydrogen-bond acceptors (Lipinski definition) is 2. The molecule has 0 aromatic carbocycles. The van der Waals surface area contributed by atoms with Crippen molar-refractivity contribution in [3.63, 3.8) is 0 Å². The first-order valence-corrected chi connectivity index (χ1v) is 5.41. The third kappa shape index (κ3) is 2.05. The molecule has 0 bridgehead atoms. The molecule has 12 heavy (non-hydrogen) atoms. The summed E-state index contributed by atoms with van der Waals surface area (Å²) in [6.07, 6.45) is 0. The second kappa shape index (κ2) is 4.58. The maximum Gasteiger partial charge on any atom is 0.119 e. The number of thiophene rings is 1. The molecular weight excluding hydrogens is 186 g/mol. The van der Waals surface area contributed by atoms with Crippen LogP contribution in [0.1, 0.15) is 18.7 Å². The molecule has 1 rings (SSSR count). The van der Waals surface area contributed by atoms with Gasteiger partial charge in [-0.1, -0.05) is 18.3 Å². The smallest absolute Gasteiger partial charge is 0.119 e. The van der Waals surface area contributed by atoms with E-state index in [0.717, 1.165) is 18.1 Å². The van der Waals surface area contributed by atoms with Crippen molar-refractivity contribution in [3.05, 3.63) is 22.4 Å². The Morgan fingerprint density at radius 1 is 1.50 bits per heavy atom. The molecule has 1 aromatic rings. The summed E-state index contributed by atoms with van der Waals surface area (Å²) in [6.45, 7) is 6.24. The molecule has 1 heterocycles. The Labute approximate surface area is 83.0 Å². The minimum atomic E-state index is 0.981. The highest BCUT2D eigenvalue weighted by molar-refractivity contribution is 7.81. The molecule has 0 saturated heterocycles.